The van der Waals surface area contributed by atoms with Crippen molar-refractivity contribution in [1.82, 2.24) is 14.5 Å². The molecule has 0 aliphatic carbocycles. The molecule has 0 radical (unpaired) electrons. The van der Waals surface area contributed by atoms with Gasteiger partial charge in [0.1, 0.15) is 17.5 Å². The summed E-state index contributed by atoms with van der Waals surface area (Å²) in [5.41, 5.74) is 6.95. The van der Waals surface area contributed by atoms with Crippen LogP contribution < -0.4 is 5.73 Å². The molecule has 1 aromatic carbocycles. The summed E-state index contributed by atoms with van der Waals surface area (Å²) in [6.07, 6.45) is 1.39. The molecule has 0 spiro atoms. The monoisotopic (exact) mass is 464 g/mol. The molecule has 9 heteroatoms. The third-order valence-electron chi connectivity index (χ3n) is 4.24. The molecule has 30 heavy (non-hydrogen) atoms. The van der Waals surface area contributed by atoms with Gasteiger partial charge in [0.25, 0.3) is 0 Å². The summed E-state index contributed by atoms with van der Waals surface area (Å²) in [6.45, 7) is 4.86. The molecular weight excluding hydrogens is 443 g/mol. The van der Waals surface area contributed by atoms with E-state index in [9.17, 15) is 4.79 Å². The zero-order valence-corrected chi connectivity index (χ0v) is 19.0. The van der Waals surface area contributed by atoms with Crippen LogP contribution in [0.1, 0.15) is 37.0 Å². The van der Waals surface area contributed by atoms with Crippen molar-refractivity contribution in [2.75, 3.05) is 6.61 Å². The number of carbonyl (C=O) groups is 1. The zero-order chi connectivity index (χ0) is 21.7. The van der Waals surface area contributed by atoms with E-state index in [2.05, 4.69) is 23.4 Å². The first-order valence-corrected chi connectivity index (χ1v) is 11.0. The lowest BCUT2D eigenvalue weighted by Crippen LogP contribution is -2.16. The van der Waals surface area contributed by atoms with Crippen molar-refractivity contribution < 1.29 is 9.53 Å². The predicted molar refractivity (Wildman–Crippen MR) is 119 cm³/mol. The largest absolute Gasteiger partial charge is 0.449 e. The summed E-state index contributed by atoms with van der Waals surface area (Å²) < 4.78 is 7.04. The Morgan fingerprint density at radius 3 is 2.57 bits per heavy atom. The first kappa shape index (κ1) is 22.5. The van der Waals surface area contributed by atoms with Crippen LogP contribution in [-0.2, 0) is 17.7 Å². The van der Waals surface area contributed by atoms with Gasteiger partial charge < -0.3 is 15.0 Å². The topological polar surface area (TPSA) is 83.0 Å². The Balaban J connectivity index is 2.03. The van der Waals surface area contributed by atoms with Gasteiger partial charge in [-0.2, -0.15) is 0 Å². The van der Waals surface area contributed by atoms with E-state index >= 15 is 0 Å². The fraction of sp³-hybridized carbons (Fsp3) is 0.286. The molecule has 0 saturated heterocycles. The van der Waals surface area contributed by atoms with Gasteiger partial charge in [-0.15, -0.1) is 0 Å². The number of ether oxygens (including phenoxy) is 1. The van der Waals surface area contributed by atoms with Crippen LogP contribution in [0.25, 0.3) is 0 Å². The molecule has 2 N–H and O–H groups in total. The highest BCUT2D eigenvalue weighted by Crippen LogP contribution is 2.37. The molecule has 2 heterocycles. The van der Waals surface area contributed by atoms with Crippen LogP contribution in [-0.4, -0.2) is 27.2 Å². The normalized spacial score (nSPS) is 11.1. The summed E-state index contributed by atoms with van der Waals surface area (Å²) in [5.74, 6) is 0.976. The number of nitrogens with zero attached hydrogens (tertiary/aromatic N) is 3. The first-order chi connectivity index (χ1) is 14.3. The highest BCUT2D eigenvalue weighted by Gasteiger charge is 2.21. The number of nitrogens with two attached hydrogens (primary N) is 1. The maximum atomic E-state index is 11.0. The minimum atomic E-state index is -0.801. The van der Waals surface area contributed by atoms with E-state index < -0.39 is 6.09 Å². The molecule has 3 rings (SSSR count). The molecule has 2 aromatic heterocycles. The number of primary amides is 1. The van der Waals surface area contributed by atoms with Crippen LogP contribution in [0.2, 0.25) is 10.0 Å². The summed E-state index contributed by atoms with van der Waals surface area (Å²) >= 11 is 14.0. The average molecular weight is 465 g/mol. The number of amides is 1. The Morgan fingerprint density at radius 1 is 1.23 bits per heavy atom. The summed E-state index contributed by atoms with van der Waals surface area (Å²) in [5, 5.41) is 2.12. The van der Waals surface area contributed by atoms with Crippen LogP contribution in [0, 0.1) is 0 Å². The van der Waals surface area contributed by atoms with E-state index in [0.29, 0.717) is 23.0 Å². The van der Waals surface area contributed by atoms with Crippen LogP contribution in [0.5, 0.6) is 0 Å². The SMILES string of the molecule is CC(C)c1nc(CCOC(N)=O)n(Cc2ccccn2)c1Sc1cc(Cl)cc(Cl)c1. The Bertz CT molecular complexity index is 1010. The van der Waals surface area contributed by atoms with Crippen LogP contribution in [0.4, 0.5) is 4.79 Å². The Morgan fingerprint density at radius 2 is 1.97 bits per heavy atom. The quantitative estimate of drug-likeness (QED) is 0.472. The van der Waals surface area contributed by atoms with Crippen LogP contribution >= 0.6 is 35.0 Å². The second-order valence-electron chi connectivity index (χ2n) is 6.91. The number of rotatable bonds is 8. The number of aromatic nitrogens is 3. The van der Waals surface area contributed by atoms with E-state index in [1.54, 1.807) is 24.0 Å². The van der Waals surface area contributed by atoms with E-state index in [4.69, 9.17) is 38.7 Å². The van der Waals surface area contributed by atoms with Gasteiger partial charge in [-0.3, -0.25) is 4.98 Å². The van der Waals surface area contributed by atoms with E-state index in [0.717, 1.165) is 27.1 Å². The standard InChI is InChI=1S/C21H22Cl2N4O2S/c1-13(2)19-20(30-17-10-14(22)9-15(23)11-17)27(12-16-5-3-4-7-25-16)18(26-19)6-8-29-21(24)28/h3-5,7,9-11,13H,6,8,12H2,1-2H3,(H2,24,28). The maximum absolute atomic E-state index is 11.0. The molecule has 3 aromatic rings. The number of benzene rings is 1. The number of hydrogen-bond acceptors (Lipinski definition) is 5. The van der Waals surface area contributed by atoms with Gasteiger partial charge in [-0.05, 0) is 36.2 Å². The van der Waals surface area contributed by atoms with Gasteiger partial charge in [0.05, 0.1) is 17.9 Å². The Hall–Kier alpha value is -2.22. The fourth-order valence-corrected chi connectivity index (χ4v) is 4.85. The maximum Gasteiger partial charge on any atom is 0.404 e. The van der Waals surface area contributed by atoms with Crippen molar-refractivity contribution in [3.05, 3.63) is 69.9 Å². The molecular formula is C21H22Cl2N4O2S. The van der Waals surface area contributed by atoms with Crippen LogP contribution in [0.3, 0.4) is 0 Å². The molecule has 0 bridgehead atoms. The molecule has 0 fully saturated rings. The molecule has 0 aliphatic heterocycles. The minimum Gasteiger partial charge on any atom is -0.449 e. The summed E-state index contributed by atoms with van der Waals surface area (Å²) in [7, 11) is 0. The molecule has 0 unspecified atom stereocenters. The average Bonchev–Trinajstić information content (AvgIpc) is 2.99. The summed E-state index contributed by atoms with van der Waals surface area (Å²) in [6, 6.07) is 11.2. The van der Waals surface area contributed by atoms with Gasteiger partial charge in [-0.25, -0.2) is 9.78 Å². The third kappa shape index (κ3) is 5.90. The number of pyridine rings is 1. The predicted octanol–water partition coefficient (Wildman–Crippen LogP) is 5.55. The van der Waals surface area contributed by atoms with Gasteiger partial charge >= 0.3 is 6.09 Å². The molecule has 1 amide bonds. The fourth-order valence-electron chi connectivity index (χ4n) is 2.94. The van der Waals surface area contributed by atoms with Gasteiger partial charge in [0.15, 0.2) is 0 Å². The van der Waals surface area contributed by atoms with E-state index in [-0.39, 0.29) is 12.5 Å². The van der Waals surface area contributed by atoms with Crippen LogP contribution in [0.15, 0.2) is 52.5 Å². The Labute approximate surface area is 189 Å². The first-order valence-electron chi connectivity index (χ1n) is 9.39. The van der Waals surface area contributed by atoms with Gasteiger partial charge in [0.2, 0.25) is 0 Å². The van der Waals surface area contributed by atoms with Gasteiger partial charge in [0, 0.05) is 27.6 Å². The Kier molecular flexibility index (Phi) is 7.64. The molecule has 6 nitrogen and oxygen atoms in total. The highest BCUT2D eigenvalue weighted by atomic mass is 35.5. The number of carbonyl (C=O) groups excluding carboxylic acids is 1. The third-order valence-corrected chi connectivity index (χ3v) is 5.77. The van der Waals surface area contributed by atoms with Crippen molar-refractivity contribution in [3.8, 4) is 0 Å². The lowest BCUT2D eigenvalue weighted by atomic mass is 10.1. The number of imidazole rings is 1. The number of halogens is 2. The van der Waals surface area contributed by atoms with Gasteiger partial charge in [-0.1, -0.05) is 54.9 Å². The smallest absolute Gasteiger partial charge is 0.404 e. The lowest BCUT2D eigenvalue weighted by Gasteiger charge is -2.13. The van der Waals surface area contributed by atoms with Crippen molar-refractivity contribution in [2.45, 2.75) is 42.7 Å². The van der Waals surface area contributed by atoms with Crippen molar-refractivity contribution in [1.29, 1.82) is 0 Å². The van der Waals surface area contributed by atoms with Crippen molar-refractivity contribution >= 4 is 41.1 Å². The minimum absolute atomic E-state index is 0.152. The number of hydrogen-bond donors (Lipinski definition) is 1. The second-order valence-corrected chi connectivity index (χ2v) is 8.84. The van der Waals surface area contributed by atoms with Crippen molar-refractivity contribution in [2.24, 2.45) is 5.73 Å². The van der Waals surface area contributed by atoms with Crippen molar-refractivity contribution in [3.63, 3.8) is 0 Å². The highest BCUT2D eigenvalue weighted by molar-refractivity contribution is 7.99. The lowest BCUT2D eigenvalue weighted by molar-refractivity contribution is 0.157. The molecule has 0 atom stereocenters. The van der Waals surface area contributed by atoms with E-state index in [1.807, 2.05) is 30.3 Å². The van der Waals surface area contributed by atoms with E-state index in [1.165, 1.54) is 0 Å². The second kappa shape index (κ2) is 10.2. The molecule has 0 aliphatic rings. The molecule has 158 valence electrons. The molecule has 0 saturated carbocycles. The summed E-state index contributed by atoms with van der Waals surface area (Å²) in [4.78, 5) is 21.2. The zero-order valence-electron chi connectivity index (χ0n) is 16.6.